The molecule has 3 rings (SSSR count). The van der Waals surface area contributed by atoms with Crippen LogP contribution in [0.2, 0.25) is 10.0 Å². The molecule has 1 amide bonds. The Balaban J connectivity index is 1.71. The second kappa shape index (κ2) is 6.04. The molecule has 0 saturated carbocycles. The first kappa shape index (κ1) is 14.4. The van der Waals surface area contributed by atoms with E-state index in [2.05, 4.69) is 10.3 Å². The van der Waals surface area contributed by atoms with Crippen molar-refractivity contribution in [2.45, 2.75) is 25.3 Å². The van der Waals surface area contributed by atoms with Crippen LogP contribution in [0, 0.1) is 0 Å². The lowest BCUT2D eigenvalue weighted by molar-refractivity contribution is -0.121. The van der Waals surface area contributed by atoms with Gasteiger partial charge in [0, 0.05) is 12.4 Å². The zero-order chi connectivity index (χ0) is 14.8. The molecular weight excluding hydrogens is 307 g/mol. The fourth-order valence-electron chi connectivity index (χ4n) is 2.72. The molecule has 1 aliphatic carbocycles. The second-order valence-electron chi connectivity index (χ2n) is 5.13. The number of carbonyl (C=O) groups excluding carboxylic acids is 1. The number of carbonyl (C=O) groups is 1. The third-order valence-electron chi connectivity index (χ3n) is 3.71. The highest BCUT2D eigenvalue weighted by atomic mass is 35.5. The summed E-state index contributed by atoms with van der Waals surface area (Å²) in [6.45, 7) is 0. The lowest BCUT2D eigenvalue weighted by Crippen LogP contribution is -2.28. The monoisotopic (exact) mass is 320 g/mol. The van der Waals surface area contributed by atoms with Crippen molar-refractivity contribution in [1.29, 1.82) is 0 Å². The van der Waals surface area contributed by atoms with E-state index in [9.17, 15) is 4.79 Å². The minimum Gasteiger partial charge on any atom is -0.349 e. The number of benzene rings is 1. The summed E-state index contributed by atoms with van der Waals surface area (Å²) in [4.78, 5) is 16.1. The van der Waals surface area contributed by atoms with Crippen molar-refractivity contribution in [2.24, 2.45) is 0 Å². The molecule has 5 heteroatoms. The van der Waals surface area contributed by atoms with Crippen LogP contribution in [0.3, 0.4) is 0 Å². The van der Waals surface area contributed by atoms with Gasteiger partial charge in [-0.15, -0.1) is 0 Å². The molecule has 0 saturated heterocycles. The van der Waals surface area contributed by atoms with E-state index in [1.54, 1.807) is 18.5 Å². The number of nitrogens with one attached hydrogen (secondary N) is 1. The summed E-state index contributed by atoms with van der Waals surface area (Å²) < 4.78 is 0. The Bertz CT molecular complexity index is 673. The van der Waals surface area contributed by atoms with Crippen LogP contribution in [-0.4, -0.2) is 10.9 Å². The maximum Gasteiger partial charge on any atom is 0.224 e. The number of hydrogen-bond acceptors (Lipinski definition) is 2. The summed E-state index contributed by atoms with van der Waals surface area (Å²) in [6.07, 6.45) is 5.43. The zero-order valence-corrected chi connectivity index (χ0v) is 12.8. The number of rotatable bonds is 3. The minimum absolute atomic E-state index is 0.00748. The van der Waals surface area contributed by atoms with Crippen LogP contribution < -0.4 is 5.32 Å². The van der Waals surface area contributed by atoms with E-state index < -0.39 is 0 Å². The largest absolute Gasteiger partial charge is 0.349 e. The van der Waals surface area contributed by atoms with Crippen LogP contribution in [0.1, 0.15) is 29.2 Å². The van der Waals surface area contributed by atoms with Crippen molar-refractivity contribution in [1.82, 2.24) is 10.3 Å². The molecule has 1 aromatic carbocycles. The summed E-state index contributed by atoms with van der Waals surface area (Å²) in [7, 11) is 0. The number of amides is 1. The third kappa shape index (κ3) is 3.04. The number of nitrogens with zero attached hydrogens (tertiary/aromatic N) is 1. The summed E-state index contributed by atoms with van der Waals surface area (Å²) in [6, 6.07) is 7.47. The molecule has 108 valence electrons. The van der Waals surface area contributed by atoms with E-state index in [0.29, 0.717) is 16.5 Å². The van der Waals surface area contributed by atoms with Gasteiger partial charge in [-0.05, 0) is 41.7 Å². The van der Waals surface area contributed by atoms with E-state index >= 15 is 0 Å². The van der Waals surface area contributed by atoms with Crippen molar-refractivity contribution in [3.63, 3.8) is 0 Å². The molecule has 3 nitrogen and oxygen atoms in total. The fraction of sp³-hybridized carbons (Fsp3) is 0.250. The Hall–Kier alpha value is -1.58. The molecule has 1 atom stereocenters. The van der Waals surface area contributed by atoms with Crippen LogP contribution in [0.25, 0.3) is 0 Å². The normalized spacial score (nSPS) is 16.6. The predicted molar refractivity (Wildman–Crippen MR) is 83.6 cm³/mol. The molecule has 0 bridgehead atoms. The van der Waals surface area contributed by atoms with Gasteiger partial charge in [-0.1, -0.05) is 35.3 Å². The summed E-state index contributed by atoms with van der Waals surface area (Å²) in [5.74, 6) is -0.00748. The molecule has 0 fully saturated rings. The van der Waals surface area contributed by atoms with Crippen molar-refractivity contribution in [3.05, 3.63) is 63.4 Å². The molecule has 2 aromatic rings. The zero-order valence-electron chi connectivity index (χ0n) is 11.3. The average Bonchev–Trinajstić information content (AvgIpc) is 2.87. The van der Waals surface area contributed by atoms with Crippen LogP contribution in [0.4, 0.5) is 0 Å². The maximum absolute atomic E-state index is 12.1. The van der Waals surface area contributed by atoms with Gasteiger partial charge in [-0.2, -0.15) is 0 Å². The van der Waals surface area contributed by atoms with Gasteiger partial charge in [0.2, 0.25) is 5.91 Å². The Morgan fingerprint density at radius 2 is 2.19 bits per heavy atom. The van der Waals surface area contributed by atoms with E-state index in [4.69, 9.17) is 23.2 Å². The molecular formula is C16H14Cl2N2O. The highest BCUT2D eigenvalue weighted by Gasteiger charge is 2.26. The number of halogens is 2. The first-order valence-electron chi connectivity index (χ1n) is 6.80. The molecule has 1 aliphatic rings. The molecule has 0 aliphatic heterocycles. The first-order valence-corrected chi connectivity index (χ1v) is 7.56. The highest BCUT2D eigenvalue weighted by molar-refractivity contribution is 6.42. The molecule has 1 aromatic heterocycles. The summed E-state index contributed by atoms with van der Waals surface area (Å²) >= 11 is 12.2. The van der Waals surface area contributed by atoms with Gasteiger partial charge in [0.25, 0.3) is 0 Å². The number of aromatic nitrogens is 1. The van der Waals surface area contributed by atoms with Crippen LogP contribution in [0.15, 0.2) is 36.7 Å². The van der Waals surface area contributed by atoms with E-state index in [1.807, 2.05) is 18.2 Å². The van der Waals surface area contributed by atoms with Gasteiger partial charge in [0.15, 0.2) is 0 Å². The average molecular weight is 321 g/mol. The molecule has 0 unspecified atom stereocenters. The molecule has 0 spiro atoms. The van der Waals surface area contributed by atoms with Gasteiger partial charge in [0.05, 0.1) is 22.5 Å². The lowest BCUT2D eigenvalue weighted by atomic mass is 10.1. The first-order chi connectivity index (χ1) is 10.1. The van der Waals surface area contributed by atoms with Crippen LogP contribution in [-0.2, 0) is 17.6 Å². The van der Waals surface area contributed by atoms with Crippen molar-refractivity contribution >= 4 is 29.1 Å². The Labute approximate surface area is 133 Å². The molecule has 21 heavy (non-hydrogen) atoms. The smallest absolute Gasteiger partial charge is 0.224 e. The summed E-state index contributed by atoms with van der Waals surface area (Å²) in [5.41, 5.74) is 3.03. The number of hydrogen-bond donors (Lipinski definition) is 1. The van der Waals surface area contributed by atoms with Gasteiger partial charge in [-0.3, -0.25) is 9.78 Å². The van der Waals surface area contributed by atoms with Gasteiger partial charge in [0.1, 0.15) is 0 Å². The molecule has 1 heterocycles. The van der Waals surface area contributed by atoms with Crippen molar-refractivity contribution < 1.29 is 4.79 Å². The summed E-state index contributed by atoms with van der Waals surface area (Å²) in [5, 5.41) is 4.24. The van der Waals surface area contributed by atoms with Crippen molar-refractivity contribution in [2.75, 3.05) is 0 Å². The second-order valence-corrected chi connectivity index (χ2v) is 5.91. The van der Waals surface area contributed by atoms with Gasteiger partial charge in [-0.25, -0.2) is 0 Å². The third-order valence-corrected chi connectivity index (χ3v) is 4.56. The Kier molecular flexibility index (Phi) is 4.13. The fourth-order valence-corrected chi connectivity index (χ4v) is 3.16. The number of fused-ring (bicyclic) bond motifs is 1. The minimum atomic E-state index is -0.00748. The quantitative estimate of drug-likeness (QED) is 0.936. The maximum atomic E-state index is 12.1. The molecule has 0 radical (unpaired) electrons. The van der Waals surface area contributed by atoms with Crippen LogP contribution >= 0.6 is 23.2 Å². The SMILES string of the molecule is O=C(Cc1cccnc1)N[C@@H]1CCc2c1ccc(Cl)c2Cl. The molecule has 1 N–H and O–H groups in total. The van der Waals surface area contributed by atoms with Gasteiger partial charge >= 0.3 is 0 Å². The van der Waals surface area contributed by atoms with Crippen molar-refractivity contribution in [3.8, 4) is 0 Å². The van der Waals surface area contributed by atoms with E-state index in [1.165, 1.54) is 0 Å². The standard InChI is InChI=1S/C16H14Cl2N2O/c17-13-5-3-11-12(16(13)18)4-6-14(11)20-15(21)8-10-2-1-7-19-9-10/h1-3,5,7,9,14H,4,6,8H2,(H,20,21)/t14-/m1/s1. The topological polar surface area (TPSA) is 42.0 Å². The van der Waals surface area contributed by atoms with Crippen LogP contribution in [0.5, 0.6) is 0 Å². The Morgan fingerprint density at radius 1 is 1.33 bits per heavy atom. The van der Waals surface area contributed by atoms with Gasteiger partial charge < -0.3 is 5.32 Å². The number of pyridine rings is 1. The van der Waals surface area contributed by atoms with E-state index in [0.717, 1.165) is 29.5 Å². The highest BCUT2D eigenvalue weighted by Crippen LogP contribution is 2.39. The lowest BCUT2D eigenvalue weighted by Gasteiger charge is -2.14. The predicted octanol–water partition coefficient (Wildman–Crippen LogP) is 3.73. The van der Waals surface area contributed by atoms with E-state index in [-0.39, 0.29) is 11.9 Å². The Morgan fingerprint density at radius 3 is 2.95 bits per heavy atom.